The standard InChI is InChI=1S/C20H35NO15/c1-5-10(24)13(27)16(30)20(33-5)36-17-7(3-22)35-19(9(12(17)26)21-6(2)23)32-4-8-11(25)14(28)15(29)18(31)34-8/h5,7-20,22,24-31H,3-4H2,1-2H3,(H,21,23)/t5-,7-,8-,9-,10+,11+,12-,13+,14+,15-,16-,17-,18-,19-,20+/m1/s1. The Morgan fingerprint density at radius 3 is 2.03 bits per heavy atom. The minimum absolute atomic E-state index is 0.537. The largest absolute Gasteiger partial charge is 0.394 e. The molecule has 3 rings (SSSR count). The number of amides is 1. The van der Waals surface area contributed by atoms with Crippen LogP contribution in [0, 0.1) is 0 Å². The first-order chi connectivity index (χ1) is 16.9. The fraction of sp³-hybridized carbons (Fsp3) is 0.950. The maximum absolute atomic E-state index is 11.8. The predicted octanol–water partition coefficient (Wildman–Crippen LogP) is -6.40. The number of nitrogens with one attached hydrogen (secondary N) is 1. The maximum atomic E-state index is 11.8. The lowest BCUT2D eigenvalue weighted by Gasteiger charge is -2.47. The van der Waals surface area contributed by atoms with Gasteiger partial charge in [-0.1, -0.05) is 0 Å². The molecule has 3 aliphatic heterocycles. The second kappa shape index (κ2) is 12.2. The highest BCUT2D eigenvalue weighted by molar-refractivity contribution is 5.73. The first-order valence-electron chi connectivity index (χ1n) is 11.4. The Morgan fingerprint density at radius 2 is 1.42 bits per heavy atom. The molecule has 15 atom stereocenters. The number of hydrogen-bond acceptors (Lipinski definition) is 15. The van der Waals surface area contributed by atoms with Crippen LogP contribution in [0.25, 0.3) is 0 Å². The molecule has 0 unspecified atom stereocenters. The summed E-state index contributed by atoms with van der Waals surface area (Å²) in [6.45, 7) is 1.30. The summed E-state index contributed by atoms with van der Waals surface area (Å²) < 4.78 is 27.2. The summed E-state index contributed by atoms with van der Waals surface area (Å²) in [6.07, 6.45) is -21.3. The zero-order valence-electron chi connectivity index (χ0n) is 19.5. The fourth-order valence-corrected chi connectivity index (χ4v) is 4.30. The Morgan fingerprint density at radius 1 is 0.778 bits per heavy atom. The van der Waals surface area contributed by atoms with Crippen molar-refractivity contribution in [1.82, 2.24) is 5.32 Å². The molecule has 0 radical (unpaired) electrons. The molecule has 16 heteroatoms. The van der Waals surface area contributed by atoms with Crippen LogP contribution in [0.15, 0.2) is 0 Å². The van der Waals surface area contributed by atoms with E-state index in [4.69, 9.17) is 23.7 Å². The lowest BCUT2D eigenvalue weighted by molar-refractivity contribution is -0.349. The molecule has 0 spiro atoms. The monoisotopic (exact) mass is 529 g/mol. The third-order valence-corrected chi connectivity index (χ3v) is 6.43. The van der Waals surface area contributed by atoms with Gasteiger partial charge >= 0.3 is 0 Å². The second-order valence-electron chi connectivity index (χ2n) is 9.09. The number of ether oxygens (including phenoxy) is 5. The lowest BCUT2D eigenvalue weighted by Crippen LogP contribution is -2.67. The van der Waals surface area contributed by atoms with Crippen molar-refractivity contribution in [1.29, 1.82) is 0 Å². The highest BCUT2D eigenvalue weighted by atomic mass is 16.7. The maximum Gasteiger partial charge on any atom is 0.217 e. The molecule has 0 aliphatic carbocycles. The quantitative estimate of drug-likeness (QED) is 0.147. The molecule has 3 heterocycles. The number of hydrogen-bond donors (Lipinski definition) is 10. The van der Waals surface area contributed by atoms with E-state index in [0.717, 1.165) is 6.92 Å². The number of aliphatic hydroxyl groups excluding tert-OH is 9. The summed E-state index contributed by atoms with van der Waals surface area (Å²) in [7, 11) is 0. The van der Waals surface area contributed by atoms with Crippen molar-refractivity contribution in [2.45, 2.75) is 106 Å². The van der Waals surface area contributed by atoms with Crippen molar-refractivity contribution in [2.75, 3.05) is 13.2 Å². The molecule has 3 fully saturated rings. The molecule has 36 heavy (non-hydrogen) atoms. The highest BCUT2D eigenvalue weighted by Crippen LogP contribution is 2.30. The third kappa shape index (κ3) is 6.13. The van der Waals surface area contributed by atoms with Crippen LogP contribution in [-0.2, 0) is 28.5 Å². The lowest BCUT2D eigenvalue weighted by atomic mass is 9.95. The number of aliphatic hydroxyl groups is 9. The van der Waals surface area contributed by atoms with Crippen LogP contribution in [0.1, 0.15) is 13.8 Å². The Labute approximate surface area is 205 Å². The summed E-state index contributed by atoms with van der Waals surface area (Å²) in [5, 5.41) is 92.6. The van der Waals surface area contributed by atoms with Crippen molar-refractivity contribution < 1.29 is 74.4 Å². The van der Waals surface area contributed by atoms with Gasteiger partial charge < -0.3 is 75.0 Å². The fourth-order valence-electron chi connectivity index (χ4n) is 4.30. The van der Waals surface area contributed by atoms with Gasteiger partial charge in [-0.25, -0.2) is 0 Å². The summed E-state index contributed by atoms with van der Waals surface area (Å²) in [6, 6.07) is -1.33. The van der Waals surface area contributed by atoms with E-state index in [9.17, 15) is 50.8 Å². The summed E-state index contributed by atoms with van der Waals surface area (Å²) in [5.41, 5.74) is 0. The first kappa shape index (κ1) is 29.5. The number of carbonyl (C=O) groups excluding carboxylic acids is 1. The predicted molar refractivity (Wildman–Crippen MR) is 111 cm³/mol. The van der Waals surface area contributed by atoms with Crippen molar-refractivity contribution in [3.63, 3.8) is 0 Å². The molecule has 0 saturated carbocycles. The van der Waals surface area contributed by atoms with Crippen LogP contribution in [0.5, 0.6) is 0 Å². The van der Waals surface area contributed by atoms with Gasteiger partial charge in [-0.2, -0.15) is 0 Å². The van der Waals surface area contributed by atoms with Gasteiger partial charge in [0.05, 0.1) is 19.3 Å². The van der Waals surface area contributed by atoms with Gasteiger partial charge in [0, 0.05) is 6.92 Å². The molecule has 0 bridgehead atoms. The van der Waals surface area contributed by atoms with Crippen molar-refractivity contribution in [2.24, 2.45) is 0 Å². The van der Waals surface area contributed by atoms with Gasteiger partial charge in [-0.05, 0) is 6.92 Å². The summed E-state index contributed by atoms with van der Waals surface area (Å²) >= 11 is 0. The molecule has 0 aromatic heterocycles. The van der Waals surface area contributed by atoms with Crippen molar-refractivity contribution >= 4 is 5.91 Å². The van der Waals surface area contributed by atoms with Gasteiger partial charge in [0.15, 0.2) is 18.9 Å². The SMILES string of the molecule is CC(=O)N[C@H]1[C@H](OC[C@H]2O[C@@H](O)[C@H](O)[C@@H](O)[C@H]2O)O[C@H](CO)[C@@H](O[C@@H]2O[C@H](C)[C@H](O)[C@H](O)[C@H]2O)[C@@H]1O. The van der Waals surface area contributed by atoms with Crippen LogP contribution in [0.4, 0.5) is 0 Å². The first-order valence-corrected chi connectivity index (χ1v) is 11.4. The minimum atomic E-state index is -1.82. The van der Waals surface area contributed by atoms with E-state index in [1.165, 1.54) is 6.92 Å². The smallest absolute Gasteiger partial charge is 0.217 e. The van der Waals surface area contributed by atoms with E-state index in [-0.39, 0.29) is 0 Å². The molecular weight excluding hydrogens is 494 g/mol. The van der Waals surface area contributed by atoms with Gasteiger partial charge in [0.2, 0.25) is 5.91 Å². The molecular formula is C20H35NO15. The van der Waals surface area contributed by atoms with E-state index in [1.54, 1.807) is 0 Å². The average Bonchev–Trinajstić information content (AvgIpc) is 2.83. The van der Waals surface area contributed by atoms with Crippen molar-refractivity contribution in [3.8, 4) is 0 Å². The van der Waals surface area contributed by atoms with E-state index >= 15 is 0 Å². The Balaban J connectivity index is 1.73. The molecule has 0 aromatic carbocycles. The Hall–Kier alpha value is -1.09. The van der Waals surface area contributed by atoms with E-state index in [0.29, 0.717) is 0 Å². The Kier molecular flexibility index (Phi) is 9.97. The van der Waals surface area contributed by atoms with Gasteiger partial charge in [0.25, 0.3) is 0 Å². The zero-order valence-corrected chi connectivity index (χ0v) is 19.5. The molecule has 1 amide bonds. The van der Waals surface area contributed by atoms with Crippen LogP contribution in [0.2, 0.25) is 0 Å². The van der Waals surface area contributed by atoms with Gasteiger partial charge in [-0.15, -0.1) is 0 Å². The minimum Gasteiger partial charge on any atom is -0.394 e. The zero-order chi connectivity index (χ0) is 26.9. The number of rotatable bonds is 7. The molecule has 210 valence electrons. The van der Waals surface area contributed by atoms with Gasteiger partial charge in [0.1, 0.15) is 67.1 Å². The topological polar surface area (TPSA) is 257 Å². The van der Waals surface area contributed by atoms with Gasteiger partial charge in [-0.3, -0.25) is 4.79 Å². The van der Waals surface area contributed by atoms with Crippen LogP contribution in [0.3, 0.4) is 0 Å². The molecule has 3 saturated heterocycles. The van der Waals surface area contributed by atoms with E-state index in [1.807, 2.05) is 0 Å². The van der Waals surface area contributed by atoms with E-state index < -0.39 is 111 Å². The molecule has 3 aliphatic rings. The normalized spacial score (nSPS) is 50.0. The highest BCUT2D eigenvalue weighted by Gasteiger charge is 2.51. The summed E-state index contributed by atoms with van der Waals surface area (Å²) in [5.74, 6) is -0.610. The van der Waals surface area contributed by atoms with Crippen LogP contribution >= 0.6 is 0 Å². The molecule has 10 N–H and O–H groups in total. The Bertz CT molecular complexity index is 729. The molecule has 16 nitrogen and oxygen atoms in total. The van der Waals surface area contributed by atoms with Crippen molar-refractivity contribution in [3.05, 3.63) is 0 Å². The third-order valence-electron chi connectivity index (χ3n) is 6.43. The molecule has 0 aromatic rings. The van der Waals surface area contributed by atoms with E-state index in [2.05, 4.69) is 5.32 Å². The summed E-state index contributed by atoms with van der Waals surface area (Å²) in [4.78, 5) is 11.8. The second-order valence-corrected chi connectivity index (χ2v) is 9.09. The number of carbonyl (C=O) groups is 1. The average molecular weight is 529 g/mol. The van der Waals surface area contributed by atoms with Crippen LogP contribution in [-0.4, -0.2) is 157 Å². The van der Waals surface area contributed by atoms with Crippen LogP contribution < -0.4 is 5.32 Å².